The summed E-state index contributed by atoms with van der Waals surface area (Å²) in [6.45, 7) is 8.74. The quantitative estimate of drug-likeness (QED) is 0.695. The lowest BCUT2D eigenvalue weighted by Crippen LogP contribution is -3.22. The van der Waals surface area contributed by atoms with Crippen LogP contribution in [0.2, 0.25) is 0 Å². The number of aryl methyl sites for hydroxylation is 1. The molecular weight excluding hydrogens is 292 g/mol. The van der Waals surface area contributed by atoms with Crippen LogP contribution in [0.15, 0.2) is 10.6 Å². The molecular formula is C17H30N4O2+2. The van der Waals surface area contributed by atoms with E-state index < -0.39 is 0 Å². The fourth-order valence-corrected chi connectivity index (χ4v) is 4.09. The first-order valence-corrected chi connectivity index (χ1v) is 9.07. The van der Waals surface area contributed by atoms with Crippen LogP contribution in [0.4, 0.5) is 5.82 Å². The van der Waals surface area contributed by atoms with E-state index in [1.54, 1.807) is 6.07 Å². The molecule has 0 bridgehead atoms. The van der Waals surface area contributed by atoms with Crippen molar-refractivity contribution in [3.05, 3.63) is 11.8 Å². The maximum absolute atomic E-state index is 12.4. The zero-order valence-corrected chi connectivity index (χ0v) is 14.4. The third kappa shape index (κ3) is 4.12. The van der Waals surface area contributed by atoms with E-state index in [0.29, 0.717) is 11.6 Å². The number of anilines is 1. The molecule has 2 saturated heterocycles. The van der Waals surface area contributed by atoms with E-state index in [1.807, 2.05) is 18.7 Å². The summed E-state index contributed by atoms with van der Waals surface area (Å²) in [7, 11) is 0. The van der Waals surface area contributed by atoms with Gasteiger partial charge in [-0.1, -0.05) is 5.16 Å². The maximum Gasteiger partial charge on any atom is 0.283 e. The first kappa shape index (κ1) is 16.5. The van der Waals surface area contributed by atoms with Gasteiger partial charge in [0.25, 0.3) is 5.91 Å². The first-order chi connectivity index (χ1) is 11.1. The van der Waals surface area contributed by atoms with E-state index in [-0.39, 0.29) is 11.9 Å². The van der Waals surface area contributed by atoms with E-state index in [1.165, 1.54) is 50.1 Å². The molecule has 0 aromatic carbocycles. The third-order valence-electron chi connectivity index (χ3n) is 5.59. The number of nitrogens with one attached hydrogen (secondary N) is 3. The number of rotatable bonds is 4. The Bertz CT molecular complexity index is 516. The van der Waals surface area contributed by atoms with Gasteiger partial charge in [-0.3, -0.25) is 4.79 Å². The van der Waals surface area contributed by atoms with Crippen LogP contribution in [-0.4, -0.2) is 49.3 Å². The molecule has 1 atom stereocenters. The molecule has 0 spiro atoms. The third-order valence-corrected chi connectivity index (χ3v) is 5.59. The summed E-state index contributed by atoms with van der Waals surface area (Å²) in [6, 6.07) is 2.53. The molecule has 2 fully saturated rings. The summed E-state index contributed by atoms with van der Waals surface area (Å²) >= 11 is 0. The Morgan fingerprint density at radius 2 is 1.96 bits per heavy atom. The predicted molar refractivity (Wildman–Crippen MR) is 87.6 cm³/mol. The second kappa shape index (κ2) is 7.45. The Balaban J connectivity index is 1.47. The summed E-state index contributed by atoms with van der Waals surface area (Å²) < 4.78 is 5.00. The largest absolute Gasteiger partial charge is 0.360 e. The topological polar surface area (TPSA) is 64.0 Å². The average molecular weight is 322 g/mol. The molecule has 0 radical (unpaired) electrons. The monoisotopic (exact) mass is 322 g/mol. The van der Waals surface area contributed by atoms with Gasteiger partial charge in [0, 0.05) is 18.9 Å². The number of hydrogen-bond donors (Lipinski definition) is 3. The van der Waals surface area contributed by atoms with Gasteiger partial charge in [-0.25, -0.2) is 0 Å². The Labute approximate surface area is 138 Å². The summed E-state index contributed by atoms with van der Waals surface area (Å²) in [4.78, 5) is 15.6. The van der Waals surface area contributed by atoms with Crippen molar-refractivity contribution in [2.75, 3.05) is 31.5 Å². The first-order valence-electron chi connectivity index (χ1n) is 9.07. The van der Waals surface area contributed by atoms with Crippen molar-refractivity contribution in [3.63, 3.8) is 0 Å². The number of hydrogen-bond acceptors (Lipinski definition) is 3. The van der Waals surface area contributed by atoms with Gasteiger partial charge in [0.1, 0.15) is 5.76 Å². The van der Waals surface area contributed by atoms with Crippen LogP contribution in [0.3, 0.4) is 0 Å². The SMILES string of the molecule is Cc1cc(NC(=O)[C@@H](C)[NH+]2CCC([NH+]3CCCCC3)CC2)no1. The molecule has 2 aliphatic heterocycles. The Morgan fingerprint density at radius 1 is 1.26 bits per heavy atom. The molecule has 128 valence electrons. The molecule has 3 heterocycles. The number of piperidine rings is 2. The normalized spacial score (nSPS) is 27.6. The Morgan fingerprint density at radius 3 is 2.57 bits per heavy atom. The fourth-order valence-electron chi connectivity index (χ4n) is 4.09. The van der Waals surface area contributed by atoms with Crippen LogP contribution in [0.1, 0.15) is 44.8 Å². The predicted octanol–water partition coefficient (Wildman–Crippen LogP) is -0.574. The molecule has 6 nitrogen and oxygen atoms in total. The van der Waals surface area contributed by atoms with Gasteiger partial charge in [-0.15, -0.1) is 0 Å². The zero-order chi connectivity index (χ0) is 16.2. The molecule has 0 saturated carbocycles. The molecule has 2 aliphatic rings. The molecule has 6 heteroatoms. The van der Waals surface area contributed by atoms with Gasteiger partial charge < -0.3 is 19.6 Å². The molecule has 1 amide bonds. The van der Waals surface area contributed by atoms with Gasteiger partial charge in [-0.05, 0) is 33.1 Å². The minimum atomic E-state index is -0.0377. The zero-order valence-electron chi connectivity index (χ0n) is 14.4. The lowest BCUT2D eigenvalue weighted by Gasteiger charge is -2.37. The van der Waals surface area contributed by atoms with Gasteiger partial charge >= 0.3 is 0 Å². The average Bonchev–Trinajstić information content (AvgIpc) is 3.00. The molecule has 1 aromatic rings. The van der Waals surface area contributed by atoms with Crippen molar-refractivity contribution in [3.8, 4) is 0 Å². The highest BCUT2D eigenvalue weighted by Crippen LogP contribution is 2.07. The second-order valence-electron chi connectivity index (χ2n) is 7.19. The van der Waals surface area contributed by atoms with Crippen LogP contribution < -0.4 is 15.1 Å². The van der Waals surface area contributed by atoms with E-state index in [0.717, 1.165) is 19.1 Å². The van der Waals surface area contributed by atoms with Crippen LogP contribution in [0, 0.1) is 6.92 Å². The van der Waals surface area contributed by atoms with E-state index in [2.05, 4.69) is 10.5 Å². The van der Waals surface area contributed by atoms with Crippen LogP contribution in [-0.2, 0) is 4.79 Å². The van der Waals surface area contributed by atoms with Crippen molar-refractivity contribution in [2.24, 2.45) is 0 Å². The van der Waals surface area contributed by atoms with Crippen molar-refractivity contribution in [1.82, 2.24) is 5.16 Å². The highest BCUT2D eigenvalue weighted by Gasteiger charge is 2.34. The summed E-state index contributed by atoms with van der Waals surface area (Å²) in [5, 5.41) is 6.70. The highest BCUT2D eigenvalue weighted by atomic mass is 16.5. The standard InChI is InChI=1S/C17H28N4O2/c1-13-12-16(19-23-13)18-17(22)14(2)20-10-6-15(7-11-20)21-8-4-3-5-9-21/h12,14-15H,3-11H2,1-2H3,(H,18,19,22)/p+2/t14-/m1/s1. The number of aromatic nitrogens is 1. The Hall–Kier alpha value is -1.40. The summed E-state index contributed by atoms with van der Waals surface area (Å²) in [5.41, 5.74) is 0. The smallest absolute Gasteiger partial charge is 0.283 e. The lowest BCUT2D eigenvalue weighted by atomic mass is 9.99. The number of nitrogens with zero attached hydrogens (tertiary/aromatic N) is 1. The molecule has 0 unspecified atom stereocenters. The van der Waals surface area contributed by atoms with Crippen molar-refractivity contribution in [2.45, 2.75) is 58.0 Å². The minimum absolute atomic E-state index is 0.0377. The van der Waals surface area contributed by atoms with Crippen molar-refractivity contribution < 1.29 is 19.1 Å². The molecule has 3 N–H and O–H groups in total. The second-order valence-corrected chi connectivity index (χ2v) is 7.19. The molecule has 1 aromatic heterocycles. The fraction of sp³-hybridized carbons (Fsp3) is 0.765. The Kier molecular flexibility index (Phi) is 5.33. The summed E-state index contributed by atoms with van der Waals surface area (Å²) in [5.74, 6) is 1.27. The van der Waals surface area contributed by atoms with Crippen molar-refractivity contribution >= 4 is 11.7 Å². The van der Waals surface area contributed by atoms with Crippen LogP contribution >= 0.6 is 0 Å². The lowest BCUT2D eigenvalue weighted by molar-refractivity contribution is -0.965. The van der Waals surface area contributed by atoms with Gasteiger partial charge in [-0.2, -0.15) is 0 Å². The minimum Gasteiger partial charge on any atom is -0.360 e. The van der Waals surface area contributed by atoms with E-state index in [9.17, 15) is 4.79 Å². The molecule has 23 heavy (non-hydrogen) atoms. The highest BCUT2D eigenvalue weighted by molar-refractivity contribution is 5.92. The van der Waals surface area contributed by atoms with Crippen LogP contribution in [0.5, 0.6) is 0 Å². The van der Waals surface area contributed by atoms with Gasteiger partial charge in [0.15, 0.2) is 11.9 Å². The van der Waals surface area contributed by atoms with E-state index in [4.69, 9.17) is 4.52 Å². The number of amides is 1. The van der Waals surface area contributed by atoms with Gasteiger partial charge in [0.2, 0.25) is 0 Å². The van der Waals surface area contributed by atoms with E-state index >= 15 is 0 Å². The number of carbonyl (C=O) groups is 1. The van der Waals surface area contributed by atoms with Crippen LogP contribution in [0.25, 0.3) is 0 Å². The number of likely N-dealkylation sites (tertiary alicyclic amines) is 2. The molecule has 3 rings (SSSR count). The maximum atomic E-state index is 12.4. The van der Waals surface area contributed by atoms with Crippen molar-refractivity contribution in [1.29, 1.82) is 0 Å². The number of carbonyl (C=O) groups excluding carboxylic acids is 1. The van der Waals surface area contributed by atoms with Gasteiger partial charge in [0.05, 0.1) is 32.2 Å². The summed E-state index contributed by atoms with van der Waals surface area (Å²) in [6.07, 6.45) is 6.67. The number of quaternary nitrogens is 2. The molecule has 0 aliphatic carbocycles.